The Bertz CT molecular complexity index is 732. The van der Waals surface area contributed by atoms with Gasteiger partial charge in [-0.2, -0.15) is 0 Å². The van der Waals surface area contributed by atoms with Crippen LogP contribution in [0.3, 0.4) is 0 Å². The molecule has 148 valence electrons. The van der Waals surface area contributed by atoms with Crippen LogP contribution >= 0.6 is 0 Å². The van der Waals surface area contributed by atoms with Crippen LogP contribution in [0, 0.1) is 5.41 Å². The minimum absolute atomic E-state index is 0.0436. The number of amides is 1. The van der Waals surface area contributed by atoms with Gasteiger partial charge in [0.15, 0.2) is 11.5 Å². The molecule has 1 unspecified atom stereocenters. The average molecular weight is 375 g/mol. The SMILES string of the molecule is CCCN1C(=O)C(O)=C(C(=O)C(C)(C)C)C1c1cccc(OCCCO)c1. The summed E-state index contributed by atoms with van der Waals surface area (Å²) < 4.78 is 5.63. The first-order chi connectivity index (χ1) is 12.7. The number of Topliss-reactive ketones (excluding diaryl/α,β-unsaturated/α-hetero) is 1. The Balaban J connectivity index is 2.47. The molecule has 0 fully saturated rings. The predicted molar refractivity (Wildman–Crippen MR) is 103 cm³/mol. The first-order valence-electron chi connectivity index (χ1n) is 9.34. The van der Waals surface area contributed by atoms with Crippen molar-refractivity contribution in [1.29, 1.82) is 0 Å². The van der Waals surface area contributed by atoms with Gasteiger partial charge in [-0.3, -0.25) is 9.59 Å². The number of ether oxygens (including phenoxy) is 1. The number of aliphatic hydroxyl groups excluding tert-OH is 2. The monoisotopic (exact) mass is 375 g/mol. The molecule has 0 radical (unpaired) electrons. The fourth-order valence-corrected chi connectivity index (χ4v) is 3.14. The van der Waals surface area contributed by atoms with Crippen molar-refractivity contribution in [2.24, 2.45) is 5.41 Å². The highest BCUT2D eigenvalue weighted by molar-refractivity contribution is 6.10. The molecule has 1 atom stereocenters. The Morgan fingerprint density at radius 1 is 1.30 bits per heavy atom. The van der Waals surface area contributed by atoms with E-state index in [0.717, 1.165) is 5.56 Å². The Morgan fingerprint density at radius 2 is 2.00 bits per heavy atom. The summed E-state index contributed by atoms with van der Waals surface area (Å²) in [4.78, 5) is 27.2. The largest absolute Gasteiger partial charge is 0.503 e. The molecule has 27 heavy (non-hydrogen) atoms. The molecule has 1 aromatic rings. The highest BCUT2D eigenvalue weighted by atomic mass is 16.5. The van der Waals surface area contributed by atoms with Crippen LogP contribution in [0.2, 0.25) is 0 Å². The number of hydrogen-bond acceptors (Lipinski definition) is 5. The number of rotatable bonds is 8. The maximum Gasteiger partial charge on any atom is 0.290 e. The minimum Gasteiger partial charge on any atom is -0.503 e. The quantitative estimate of drug-likeness (QED) is 0.682. The molecule has 0 aromatic heterocycles. The highest BCUT2D eigenvalue weighted by Gasteiger charge is 2.45. The smallest absolute Gasteiger partial charge is 0.290 e. The van der Waals surface area contributed by atoms with Crippen molar-refractivity contribution in [2.45, 2.75) is 46.6 Å². The van der Waals surface area contributed by atoms with Gasteiger partial charge in [-0.1, -0.05) is 39.8 Å². The van der Waals surface area contributed by atoms with Gasteiger partial charge in [-0.25, -0.2) is 0 Å². The molecule has 6 nitrogen and oxygen atoms in total. The molecule has 0 aliphatic carbocycles. The summed E-state index contributed by atoms with van der Waals surface area (Å²) in [5, 5.41) is 19.4. The van der Waals surface area contributed by atoms with E-state index < -0.39 is 23.1 Å². The number of hydrogen-bond donors (Lipinski definition) is 2. The Labute approximate surface area is 160 Å². The van der Waals surface area contributed by atoms with Gasteiger partial charge in [0.25, 0.3) is 5.91 Å². The van der Waals surface area contributed by atoms with E-state index in [9.17, 15) is 14.7 Å². The fraction of sp³-hybridized carbons (Fsp3) is 0.524. The van der Waals surface area contributed by atoms with E-state index in [1.54, 1.807) is 43.9 Å². The summed E-state index contributed by atoms with van der Waals surface area (Å²) in [5.41, 5.74) is 0.141. The molecule has 2 rings (SSSR count). The standard InChI is InChI=1S/C21H29NO5/c1-5-10-22-17(14-8-6-9-15(13-14)27-12-7-11-23)16(18(24)20(22)26)19(25)21(2,3)4/h6,8-9,13,17,23-24H,5,7,10-12H2,1-4H3. The van der Waals surface area contributed by atoms with Crippen LogP contribution in [0.25, 0.3) is 0 Å². The van der Waals surface area contributed by atoms with Crippen LogP contribution in [-0.2, 0) is 9.59 Å². The first-order valence-corrected chi connectivity index (χ1v) is 9.34. The zero-order valence-corrected chi connectivity index (χ0v) is 16.5. The molecular weight excluding hydrogens is 346 g/mol. The van der Waals surface area contributed by atoms with E-state index in [1.165, 1.54) is 0 Å². The zero-order valence-electron chi connectivity index (χ0n) is 16.5. The van der Waals surface area contributed by atoms with E-state index in [-0.39, 0.29) is 18.0 Å². The summed E-state index contributed by atoms with van der Waals surface area (Å²) in [6, 6.07) is 6.56. The van der Waals surface area contributed by atoms with E-state index in [2.05, 4.69) is 0 Å². The van der Waals surface area contributed by atoms with Crippen LogP contribution in [0.1, 0.15) is 52.1 Å². The second kappa shape index (κ2) is 8.57. The molecule has 0 saturated heterocycles. The lowest BCUT2D eigenvalue weighted by Crippen LogP contribution is -2.33. The molecular formula is C21H29NO5. The number of ketones is 1. The molecule has 1 heterocycles. The van der Waals surface area contributed by atoms with E-state index in [1.807, 2.05) is 13.0 Å². The van der Waals surface area contributed by atoms with Crippen molar-refractivity contribution >= 4 is 11.7 Å². The van der Waals surface area contributed by atoms with Gasteiger partial charge in [-0.05, 0) is 24.1 Å². The lowest BCUT2D eigenvalue weighted by atomic mass is 9.82. The van der Waals surface area contributed by atoms with Gasteiger partial charge in [-0.15, -0.1) is 0 Å². The molecule has 1 amide bonds. The third-order valence-corrected chi connectivity index (χ3v) is 4.44. The topological polar surface area (TPSA) is 87.1 Å². The third-order valence-electron chi connectivity index (χ3n) is 4.44. The molecule has 0 spiro atoms. The van der Waals surface area contributed by atoms with Crippen LogP contribution in [0.5, 0.6) is 5.75 Å². The van der Waals surface area contributed by atoms with Crippen molar-refractivity contribution in [3.63, 3.8) is 0 Å². The van der Waals surface area contributed by atoms with Gasteiger partial charge in [0.1, 0.15) is 5.75 Å². The maximum absolute atomic E-state index is 13.0. The molecule has 0 saturated carbocycles. The molecule has 0 bridgehead atoms. The zero-order chi connectivity index (χ0) is 20.2. The van der Waals surface area contributed by atoms with E-state index >= 15 is 0 Å². The van der Waals surface area contributed by atoms with E-state index in [4.69, 9.17) is 9.84 Å². The summed E-state index contributed by atoms with van der Waals surface area (Å²) in [6.45, 7) is 8.11. The predicted octanol–water partition coefficient (Wildman–Crippen LogP) is 3.17. The van der Waals surface area contributed by atoms with Crippen molar-refractivity contribution in [3.05, 3.63) is 41.2 Å². The van der Waals surface area contributed by atoms with Crippen LogP contribution < -0.4 is 4.74 Å². The number of aliphatic hydroxyl groups is 2. The molecule has 1 aliphatic rings. The molecule has 1 aromatic carbocycles. The number of carbonyl (C=O) groups is 2. The molecule has 6 heteroatoms. The average Bonchev–Trinajstić information content (AvgIpc) is 2.86. The lowest BCUT2D eigenvalue weighted by Gasteiger charge is -2.28. The summed E-state index contributed by atoms with van der Waals surface area (Å²) >= 11 is 0. The first kappa shape index (κ1) is 21.0. The summed E-state index contributed by atoms with van der Waals surface area (Å²) in [7, 11) is 0. The Kier molecular flexibility index (Phi) is 6.65. The van der Waals surface area contributed by atoms with E-state index in [0.29, 0.717) is 31.7 Å². The van der Waals surface area contributed by atoms with Crippen molar-refractivity contribution in [2.75, 3.05) is 19.8 Å². The summed E-state index contributed by atoms with van der Waals surface area (Å²) in [6.07, 6.45) is 1.22. The fourth-order valence-electron chi connectivity index (χ4n) is 3.14. The maximum atomic E-state index is 13.0. The van der Waals surface area contributed by atoms with Gasteiger partial charge < -0.3 is 19.8 Å². The van der Waals surface area contributed by atoms with Crippen LogP contribution in [0.15, 0.2) is 35.6 Å². The van der Waals surface area contributed by atoms with Crippen molar-refractivity contribution in [1.82, 2.24) is 4.90 Å². The van der Waals surface area contributed by atoms with Gasteiger partial charge in [0, 0.05) is 25.0 Å². The normalized spacial score (nSPS) is 17.6. The number of benzene rings is 1. The summed E-state index contributed by atoms with van der Waals surface area (Å²) in [5.74, 6) is -0.622. The minimum atomic E-state index is -0.723. The van der Waals surface area contributed by atoms with Gasteiger partial charge in [0.2, 0.25) is 0 Å². The second-order valence-corrected chi connectivity index (χ2v) is 7.74. The Hall–Kier alpha value is -2.34. The Morgan fingerprint density at radius 3 is 2.59 bits per heavy atom. The number of carbonyl (C=O) groups excluding carboxylic acids is 2. The van der Waals surface area contributed by atoms with Crippen molar-refractivity contribution in [3.8, 4) is 5.75 Å². The number of nitrogens with zero attached hydrogens (tertiary/aromatic N) is 1. The van der Waals surface area contributed by atoms with Gasteiger partial charge >= 0.3 is 0 Å². The third kappa shape index (κ3) is 4.50. The highest BCUT2D eigenvalue weighted by Crippen LogP contribution is 2.41. The van der Waals surface area contributed by atoms with Crippen LogP contribution in [0.4, 0.5) is 0 Å². The van der Waals surface area contributed by atoms with Crippen LogP contribution in [-0.4, -0.2) is 46.6 Å². The second-order valence-electron chi connectivity index (χ2n) is 7.74. The van der Waals surface area contributed by atoms with Crippen molar-refractivity contribution < 1.29 is 24.5 Å². The van der Waals surface area contributed by atoms with Gasteiger partial charge in [0.05, 0.1) is 18.2 Å². The molecule has 2 N–H and O–H groups in total. The lowest BCUT2D eigenvalue weighted by molar-refractivity contribution is -0.129. The molecule has 1 aliphatic heterocycles.